The van der Waals surface area contributed by atoms with Crippen molar-refractivity contribution in [3.05, 3.63) is 10.7 Å². The van der Waals surface area contributed by atoms with Crippen molar-refractivity contribution in [1.29, 1.82) is 0 Å². The third-order valence-electron chi connectivity index (χ3n) is 2.57. The van der Waals surface area contributed by atoms with Crippen molar-refractivity contribution in [1.82, 2.24) is 14.7 Å². The zero-order chi connectivity index (χ0) is 13.0. The molecule has 17 heavy (non-hydrogen) atoms. The summed E-state index contributed by atoms with van der Waals surface area (Å²) >= 11 is 6.17. The van der Waals surface area contributed by atoms with Gasteiger partial charge in [0.05, 0.1) is 21.5 Å². The van der Waals surface area contributed by atoms with E-state index in [1.54, 1.807) is 6.26 Å². The zero-order valence-corrected chi connectivity index (χ0v) is 12.4. The highest BCUT2D eigenvalue weighted by Crippen LogP contribution is 2.26. The van der Waals surface area contributed by atoms with Gasteiger partial charge in [0.2, 0.25) is 0 Å². The second-order valence-corrected chi connectivity index (χ2v) is 5.51. The summed E-state index contributed by atoms with van der Waals surface area (Å²) in [4.78, 5) is 2.20. The predicted molar refractivity (Wildman–Crippen MR) is 71.9 cm³/mol. The van der Waals surface area contributed by atoms with Gasteiger partial charge in [-0.25, -0.2) is 0 Å². The van der Waals surface area contributed by atoms with Gasteiger partial charge in [0.25, 0.3) is 0 Å². The third kappa shape index (κ3) is 3.30. The lowest BCUT2D eigenvalue weighted by atomic mass is 10.4. The van der Waals surface area contributed by atoms with Gasteiger partial charge in [0.1, 0.15) is 0 Å². The molecule has 0 saturated heterocycles. The fourth-order valence-corrected chi connectivity index (χ4v) is 2.90. The molecule has 0 fully saturated rings. The summed E-state index contributed by atoms with van der Waals surface area (Å²) in [5.74, 6) is 0. The fourth-order valence-electron chi connectivity index (χ4n) is 1.80. The molecule has 6 heteroatoms. The van der Waals surface area contributed by atoms with Crippen LogP contribution in [0.15, 0.2) is 5.03 Å². The average Bonchev–Trinajstić information content (AvgIpc) is 2.49. The summed E-state index contributed by atoms with van der Waals surface area (Å²) in [5, 5.41) is 5.39. The maximum atomic E-state index is 11.4. The van der Waals surface area contributed by atoms with E-state index in [0.717, 1.165) is 31.7 Å². The van der Waals surface area contributed by atoms with Gasteiger partial charge in [-0.3, -0.25) is 8.89 Å². The molecule has 1 aliphatic heterocycles. The lowest BCUT2D eigenvalue weighted by Gasteiger charge is -2.11. The summed E-state index contributed by atoms with van der Waals surface area (Å²) in [6.07, 6.45) is 2.66. The van der Waals surface area contributed by atoms with Crippen LogP contribution in [0, 0.1) is 0 Å². The first kappa shape index (κ1) is 14.7. The molecule has 0 saturated carbocycles. The Morgan fingerprint density at radius 3 is 2.59 bits per heavy atom. The average molecular weight is 278 g/mol. The maximum Gasteiger partial charge on any atom is 0.167 e. The Kier molecular flexibility index (Phi) is 5.62. The summed E-state index contributed by atoms with van der Waals surface area (Å²) in [7, 11) is 0.952. The molecule has 98 valence electrons. The Morgan fingerprint density at radius 2 is 2.00 bits per heavy atom. The Bertz CT molecular complexity index is 406. The molecule has 1 aromatic heterocycles. The zero-order valence-electron chi connectivity index (χ0n) is 10.9. The number of fused-ring (bicyclic) bond motifs is 1. The molecule has 1 aromatic rings. The molecule has 1 aliphatic rings. The molecule has 0 radical (unpaired) electrons. The van der Waals surface area contributed by atoms with Crippen LogP contribution >= 0.6 is 11.6 Å². The van der Waals surface area contributed by atoms with E-state index in [1.165, 1.54) is 0 Å². The first-order valence-corrected chi connectivity index (χ1v) is 7.80. The van der Waals surface area contributed by atoms with Crippen molar-refractivity contribution in [2.75, 3.05) is 19.8 Å². The number of hydrogen-bond acceptors (Lipinski definition) is 3. The molecule has 1 atom stereocenters. The highest BCUT2D eigenvalue weighted by atomic mass is 35.5. The lowest BCUT2D eigenvalue weighted by Crippen LogP contribution is -2.17. The highest BCUT2D eigenvalue weighted by molar-refractivity contribution is 7.84. The van der Waals surface area contributed by atoms with Gasteiger partial charge < -0.3 is 4.90 Å². The summed E-state index contributed by atoms with van der Waals surface area (Å²) in [6, 6.07) is 0. The summed E-state index contributed by atoms with van der Waals surface area (Å²) in [5.41, 5.74) is 0.988. The minimum Gasteiger partial charge on any atom is -0.300 e. The van der Waals surface area contributed by atoms with E-state index in [1.807, 2.05) is 18.5 Å². The van der Waals surface area contributed by atoms with Crippen LogP contribution in [0.1, 0.15) is 26.0 Å². The highest BCUT2D eigenvalue weighted by Gasteiger charge is 2.21. The Morgan fingerprint density at radius 1 is 1.35 bits per heavy atom. The Hall–Kier alpha value is -0.390. The van der Waals surface area contributed by atoms with E-state index >= 15 is 0 Å². The second-order valence-electron chi connectivity index (χ2n) is 3.83. The van der Waals surface area contributed by atoms with Crippen LogP contribution in [0.25, 0.3) is 0 Å². The molecule has 0 amide bonds. The number of aromatic nitrogens is 2. The predicted octanol–water partition coefficient (Wildman–Crippen LogP) is 2.14. The van der Waals surface area contributed by atoms with Crippen molar-refractivity contribution < 1.29 is 4.21 Å². The van der Waals surface area contributed by atoms with Crippen molar-refractivity contribution in [3.8, 4) is 0 Å². The molecule has 2 rings (SSSR count). The third-order valence-corrected chi connectivity index (χ3v) is 3.91. The molecule has 0 aromatic carbocycles. The standard InChI is InChI=1S/C9H14ClN3OS.C2H6/c1-12-4-3-5-13-7(6-12)8(10)9(11-13)15(2)14;1-2/h3-6H2,1-2H3;1-2H3. The van der Waals surface area contributed by atoms with E-state index in [4.69, 9.17) is 11.6 Å². The number of aryl methyl sites for hydroxylation is 1. The van der Waals surface area contributed by atoms with E-state index in [2.05, 4.69) is 17.0 Å². The molecule has 0 aliphatic carbocycles. The number of rotatable bonds is 1. The smallest absolute Gasteiger partial charge is 0.167 e. The van der Waals surface area contributed by atoms with Crippen molar-refractivity contribution in [2.45, 2.75) is 38.4 Å². The minimum absolute atomic E-state index is 0.516. The topological polar surface area (TPSA) is 38.1 Å². The lowest BCUT2D eigenvalue weighted by molar-refractivity contribution is 0.332. The van der Waals surface area contributed by atoms with Gasteiger partial charge in [-0.1, -0.05) is 25.4 Å². The molecule has 4 nitrogen and oxygen atoms in total. The monoisotopic (exact) mass is 277 g/mol. The van der Waals surface area contributed by atoms with Crippen molar-refractivity contribution in [3.63, 3.8) is 0 Å². The van der Waals surface area contributed by atoms with Gasteiger partial charge in [-0.05, 0) is 13.5 Å². The largest absolute Gasteiger partial charge is 0.300 e. The van der Waals surface area contributed by atoms with Crippen LogP contribution < -0.4 is 0 Å². The van der Waals surface area contributed by atoms with Crippen LogP contribution in [-0.4, -0.2) is 38.7 Å². The normalized spacial score (nSPS) is 17.7. The first-order valence-electron chi connectivity index (χ1n) is 5.86. The van der Waals surface area contributed by atoms with Crippen LogP contribution in [-0.2, 0) is 23.9 Å². The molecule has 0 N–H and O–H groups in total. The van der Waals surface area contributed by atoms with Crippen molar-refractivity contribution in [2.24, 2.45) is 0 Å². The van der Waals surface area contributed by atoms with Crippen LogP contribution in [0.4, 0.5) is 0 Å². The maximum absolute atomic E-state index is 11.4. The van der Waals surface area contributed by atoms with Crippen molar-refractivity contribution >= 4 is 22.4 Å². The molecule has 0 spiro atoms. The second kappa shape index (κ2) is 6.52. The fraction of sp³-hybridized carbons (Fsp3) is 0.727. The Labute approximate surface area is 110 Å². The van der Waals surface area contributed by atoms with Gasteiger partial charge in [-0.2, -0.15) is 5.10 Å². The number of hydrogen-bond donors (Lipinski definition) is 0. The first-order chi connectivity index (χ1) is 8.09. The van der Waals surface area contributed by atoms with E-state index in [9.17, 15) is 4.21 Å². The molecular weight excluding hydrogens is 258 g/mol. The molecule has 2 heterocycles. The van der Waals surface area contributed by atoms with Crippen LogP contribution in [0.5, 0.6) is 0 Å². The molecule has 0 bridgehead atoms. The van der Waals surface area contributed by atoms with Gasteiger partial charge in [-0.15, -0.1) is 0 Å². The van der Waals surface area contributed by atoms with Gasteiger partial charge in [0.15, 0.2) is 5.03 Å². The number of halogens is 1. The minimum atomic E-state index is -1.10. The quantitative estimate of drug-likeness (QED) is 0.789. The summed E-state index contributed by atoms with van der Waals surface area (Å²) < 4.78 is 13.3. The Balaban J connectivity index is 0.000000686. The van der Waals surface area contributed by atoms with E-state index in [-0.39, 0.29) is 0 Å². The van der Waals surface area contributed by atoms with Crippen LogP contribution in [0.3, 0.4) is 0 Å². The SMILES string of the molecule is CC.CN1CCCn2nc(S(C)=O)c(Cl)c2C1. The summed E-state index contributed by atoms with van der Waals surface area (Å²) in [6.45, 7) is 6.68. The van der Waals surface area contributed by atoms with E-state index in [0.29, 0.717) is 10.0 Å². The number of nitrogens with zero attached hydrogens (tertiary/aromatic N) is 3. The molecular formula is C11H20ClN3OS. The van der Waals surface area contributed by atoms with Gasteiger partial charge >= 0.3 is 0 Å². The molecule has 1 unspecified atom stereocenters. The van der Waals surface area contributed by atoms with E-state index < -0.39 is 10.8 Å². The van der Waals surface area contributed by atoms with Gasteiger partial charge in [0, 0.05) is 25.9 Å². The van der Waals surface area contributed by atoms with Crippen LogP contribution in [0.2, 0.25) is 5.02 Å².